The van der Waals surface area contributed by atoms with E-state index in [9.17, 15) is 4.79 Å². The molecule has 2 atom stereocenters. The van der Waals surface area contributed by atoms with Gasteiger partial charge in [0.05, 0.1) is 5.60 Å². The lowest BCUT2D eigenvalue weighted by Crippen LogP contribution is -2.42. The number of rotatable bonds is 4. The first kappa shape index (κ1) is 15.1. The Kier molecular flexibility index (Phi) is 4.67. The fourth-order valence-corrected chi connectivity index (χ4v) is 4.81. The Labute approximate surface area is 130 Å². The van der Waals surface area contributed by atoms with Crippen LogP contribution in [0.25, 0.3) is 0 Å². The van der Waals surface area contributed by atoms with E-state index in [1.165, 1.54) is 0 Å². The van der Waals surface area contributed by atoms with Crippen LogP contribution < -0.4 is 5.73 Å². The fraction of sp³-hybridized carbons (Fsp3) is 0.588. The van der Waals surface area contributed by atoms with Gasteiger partial charge in [0.15, 0.2) is 0 Å². The van der Waals surface area contributed by atoms with Gasteiger partial charge in [0.25, 0.3) is 0 Å². The summed E-state index contributed by atoms with van der Waals surface area (Å²) in [6, 6.07) is 8.01. The third-order valence-electron chi connectivity index (χ3n) is 4.72. The smallest absolute Gasteiger partial charge is 0.140 e. The lowest BCUT2D eigenvalue weighted by Gasteiger charge is -2.37. The predicted octanol–water partition coefficient (Wildman–Crippen LogP) is 2.56. The maximum Gasteiger partial charge on any atom is 0.140 e. The number of carbonyl (C=O) groups is 1. The van der Waals surface area contributed by atoms with E-state index >= 15 is 0 Å². The van der Waals surface area contributed by atoms with Gasteiger partial charge in [0.2, 0.25) is 0 Å². The summed E-state index contributed by atoms with van der Waals surface area (Å²) in [5, 5.41) is 0. The first-order valence-corrected chi connectivity index (χ1v) is 8.89. The molecule has 2 N–H and O–H groups in total. The van der Waals surface area contributed by atoms with Gasteiger partial charge in [-0.15, -0.1) is 0 Å². The molecule has 114 valence electrons. The van der Waals surface area contributed by atoms with E-state index in [2.05, 4.69) is 0 Å². The monoisotopic (exact) mass is 305 g/mol. The van der Waals surface area contributed by atoms with E-state index in [4.69, 9.17) is 10.5 Å². The molecular formula is C17H23NO2S. The molecule has 0 saturated carbocycles. The van der Waals surface area contributed by atoms with E-state index in [1.807, 2.05) is 36.0 Å². The molecule has 2 aliphatic heterocycles. The number of Topliss-reactive ketones (excluding diaryl/α,β-unsaturated/α-hetero) is 1. The van der Waals surface area contributed by atoms with Gasteiger partial charge < -0.3 is 10.5 Å². The molecule has 0 aliphatic carbocycles. The standard InChI is InChI=1S/C17H23NO2S/c18-11-15-4-2-1-3-13(15)9-16(19)14-5-7-20-17(10-14)6-8-21-12-17/h1-4,14H,5-12,18H2. The number of hydrogen-bond donors (Lipinski definition) is 1. The first-order chi connectivity index (χ1) is 10.2. The van der Waals surface area contributed by atoms with Crippen LogP contribution in [-0.4, -0.2) is 29.5 Å². The molecule has 2 unspecified atom stereocenters. The van der Waals surface area contributed by atoms with Crippen molar-refractivity contribution in [2.75, 3.05) is 18.1 Å². The Balaban J connectivity index is 1.67. The molecule has 2 aliphatic rings. The van der Waals surface area contributed by atoms with Crippen LogP contribution in [0.3, 0.4) is 0 Å². The zero-order chi connectivity index (χ0) is 14.7. The molecule has 3 nitrogen and oxygen atoms in total. The highest BCUT2D eigenvalue weighted by atomic mass is 32.2. The Morgan fingerprint density at radius 2 is 2.19 bits per heavy atom. The largest absolute Gasteiger partial charge is 0.374 e. The summed E-state index contributed by atoms with van der Waals surface area (Å²) in [5.41, 5.74) is 7.92. The van der Waals surface area contributed by atoms with Gasteiger partial charge in [0, 0.05) is 31.2 Å². The molecule has 0 bridgehead atoms. The Hall–Kier alpha value is -0.840. The lowest BCUT2D eigenvalue weighted by atomic mass is 9.81. The van der Waals surface area contributed by atoms with E-state index in [0.717, 1.165) is 48.5 Å². The van der Waals surface area contributed by atoms with Crippen LogP contribution in [0.2, 0.25) is 0 Å². The number of ketones is 1. The summed E-state index contributed by atoms with van der Waals surface area (Å²) in [4.78, 5) is 12.7. The molecule has 0 amide bonds. The highest BCUT2D eigenvalue weighted by Gasteiger charge is 2.42. The normalized spacial score (nSPS) is 28.9. The average Bonchev–Trinajstić information content (AvgIpc) is 2.95. The van der Waals surface area contributed by atoms with Crippen LogP contribution >= 0.6 is 11.8 Å². The molecule has 2 fully saturated rings. The van der Waals surface area contributed by atoms with Crippen molar-refractivity contribution in [2.24, 2.45) is 11.7 Å². The Bertz CT molecular complexity index is 511. The number of nitrogens with two attached hydrogens (primary N) is 1. The van der Waals surface area contributed by atoms with Gasteiger partial charge in [-0.2, -0.15) is 11.8 Å². The first-order valence-electron chi connectivity index (χ1n) is 7.74. The summed E-state index contributed by atoms with van der Waals surface area (Å²) in [6.07, 6.45) is 3.39. The van der Waals surface area contributed by atoms with Crippen molar-refractivity contribution in [2.45, 2.75) is 37.8 Å². The molecule has 1 spiro atoms. The predicted molar refractivity (Wildman–Crippen MR) is 86.4 cm³/mol. The quantitative estimate of drug-likeness (QED) is 0.929. The second kappa shape index (κ2) is 6.51. The molecular weight excluding hydrogens is 282 g/mol. The summed E-state index contributed by atoms with van der Waals surface area (Å²) < 4.78 is 6.01. The van der Waals surface area contributed by atoms with Crippen molar-refractivity contribution in [1.29, 1.82) is 0 Å². The van der Waals surface area contributed by atoms with Crippen LogP contribution in [-0.2, 0) is 22.5 Å². The van der Waals surface area contributed by atoms with Crippen LogP contribution in [0, 0.1) is 5.92 Å². The SMILES string of the molecule is NCc1ccccc1CC(=O)C1CCOC2(CCSC2)C1. The van der Waals surface area contributed by atoms with Crippen molar-refractivity contribution in [3.05, 3.63) is 35.4 Å². The minimum absolute atomic E-state index is 0.0172. The third kappa shape index (κ3) is 3.33. The van der Waals surface area contributed by atoms with Gasteiger partial charge in [-0.25, -0.2) is 0 Å². The van der Waals surface area contributed by atoms with Crippen molar-refractivity contribution < 1.29 is 9.53 Å². The summed E-state index contributed by atoms with van der Waals surface area (Å²) in [6.45, 7) is 1.23. The molecule has 4 heteroatoms. The maximum absolute atomic E-state index is 12.7. The topological polar surface area (TPSA) is 52.3 Å². The summed E-state index contributed by atoms with van der Waals surface area (Å²) in [5.74, 6) is 2.73. The second-order valence-electron chi connectivity index (χ2n) is 6.14. The molecule has 2 heterocycles. The van der Waals surface area contributed by atoms with Crippen LogP contribution in [0.15, 0.2) is 24.3 Å². The number of ether oxygens (including phenoxy) is 1. The van der Waals surface area contributed by atoms with E-state index < -0.39 is 0 Å². The lowest BCUT2D eigenvalue weighted by molar-refractivity contribution is -0.133. The van der Waals surface area contributed by atoms with Gasteiger partial charge in [0.1, 0.15) is 5.78 Å². The summed E-state index contributed by atoms with van der Waals surface area (Å²) in [7, 11) is 0. The number of carbonyl (C=O) groups excluding carboxylic acids is 1. The van der Waals surface area contributed by atoms with Gasteiger partial charge >= 0.3 is 0 Å². The minimum atomic E-state index is -0.0172. The van der Waals surface area contributed by atoms with E-state index in [-0.39, 0.29) is 11.5 Å². The van der Waals surface area contributed by atoms with Crippen molar-refractivity contribution >= 4 is 17.5 Å². The molecule has 3 rings (SSSR count). The molecule has 2 saturated heterocycles. The molecule has 21 heavy (non-hydrogen) atoms. The second-order valence-corrected chi connectivity index (χ2v) is 7.24. The van der Waals surface area contributed by atoms with E-state index in [0.29, 0.717) is 18.7 Å². The number of thioether (sulfide) groups is 1. The van der Waals surface area contributed by atoms with Gasteiger partial charge in [-0.1, -0.05) is 24.3 Å². The summed E-state index contributed by atoms with van der Waals surface area (Å²) >= 11 is 1.95. The maximum atomic E-state index is 12.7. The molecule has 1 aromatic rings. The molecule has 1 aromatic carbocycles. The number of hydrogen-bond acceptors (Lipinski definition) is 4. The van der Waals surface area contributed by atoms with Crippen LogP contribution in [0.4, 0.5) is 0 Å². The zero-order valence-electron chi connectivity index (χ0n) is 12.3. The fourth-order valence-electron chi connectivity index (χ4n) is 3.43. The van der Waals surface area contributed by atoms with Crippen LogP contribution in [0.1, 0.15) is 30.4 Å². The minimum Gasteiger partial charge on any atom is -0.374 e. The Morgan fingerprint density at radius 3 is 2.90 bits per heavy atom. The van der Waals surface area contributed by atoms with Crippen molar-refractivity contribution in [3.63, 3.8) is 0 Å². The molecule has 0 aromatic heterocycles. The molecule has 0 radical (unpaired) electrons. The van der Waals surface area contributed by atoms with Crippen LogP contribution in [0.5, 0.6) is 0 Å². The third-order valence-corrected chi connectivity index (χ3v) is 5.94. The highest BCUT2D eigenvalue weighted by Crippen LogP contribution is 2.40. The van der Waals surface area contributed by atoms with Gasteiger partial charge in [-0.3, -0.25) is 4.79 Å². The zero-order valence-corrected chi connectivity index (χ0v) is 13.2. The average molecular weight is 305 g/mol. The highest BCUT2D eigenvalue weighted by molar-refractivity contribution is 7.99. The van der Waals surface area contributed by atoms with Gasteiger partial charge in [-0.05, 0) is 36.1 Å². The van der Waals surface area contributed by atoms with E-state index in [1.54, 1.807) is 0 Å². The van der Waals surface area contributed by atoms with Crippen molar-refractivity contribution in [3.8, 4) is 0 Å². The Morgan fingerprint density at radius 1 is 1.38 bits per heavy atom. The number of benzene rings is 1. The van der Waals surface area contributed by atoms with Crippen molar-refractivity contribution in [1.82, 2.24) is 0 Å².